The molecule has 0 radical (unpaired) electrons. The van der Waals surface area contributed by atoms with Gasteiger partial charge in [-0.3, -0.25) is 0 Å². The zero-order chi connectivity index (χ0) is 15.0. The van der Waals surface area contributed by atoms with Crippen molar-refractivity contribution in [3.05, 3.63) is 53.1 Å². The number of nitrogens with two attached hydrogens (primary N) is 1. The fourth-order valence-electron chi connectivity index (χ4n) is 2.09. The van der Waals surface area contributed by atoms with Gasteiger partial charge in [0.05, 0.1) is 15.6 Å². The van der Waals surface area contributed by atoms with E-state index in [1.165, 1.54) is 17.8 Å². The standard InChI is InChI=1S/C15H11ClN2O2S/c16-11-7-9(17)6-10(15(19)20)14(11)21-13-5-8-3-1-2-4-12(8)18-13/h1-7,18H,17H2,(H,19,20). The molecule has 0 amide bonds. The van der Waals surface area contributed by atoms with Crippen LogP contribution in [0.5, 0.6) is 0 Å². The van der Waals surface area contributed by atoms with Crippen LogP contribution in [0.3, 0.4) is 0 Å². The molecule has 0 aliphatic carbocycles. The summed E-state index contributed by atoms with van der Waals surface area (Å²) < 4.78 is 0. The number of carboxylic acid groups (broad SMARTS) is 1. The smallest absolute Gasteiger partial charge is 0.336 e. The topological polar surface area (TPSA) is 79.1 Å². The summed E-state index contributed by atoms with van der Waals surface area (Å²) in [6.45, 7) is 0. The van der Waals surface area contributed by atoms with Crippen LogP contribution in [-0.2, 0) is 0 Å². The fourth-order valence-corrected chi connectivity index (χ4v) is 3.41. The number of aromatic nitrogens is 1. The van der Waals surface area contributed by atoms with E-state index in [2.05, 4.69) is 4.98 Å². The van der Waals surface area contributed by atoms with E-state index < -0.39 is 5.97 Å². The second kappa shape index (κ2) is 5.35. The highest BCUT2D eigenvalue weighted by atomic mass is 35.5. The van der Waals surface area contributed by atoms with E-state index in [4.69, 9.17) is 17.3 Å². The number of aromatic amines is 1. The quantitative estimate of drug-likeness (QED) is 0.631. The van der Waals surface area contributed by atoms with E-state index in [-0.39, 0.29) is 5.56 Å². The van der Waals surface area contributed by atoms with Crippen molar-refractivity contribution in [2.45, 2.75) is 9.92 Å². The van der Waals surface area contributed by atoms with E-state index in [1.54, 1.807) is 6.07 Å². The molecule has 0 saturated heterocycles. The molecule has 4 N–H and O–H groups in total. The highest BCUT2D eigenvalue weighted by molar-refractivity contribution is 7.99. The highest BCUT2D eigenvalue weighted by Crippen LogP contribution is 2.38. The summed E-state index contributed by atoms with van der Waals surface area (Å²) in [4.78, 5) is 15.1. The molecule has 0 atom stereocenters. The molecule has 0 unspecified atom stereocenters. The van der Waals surface area contributed by atoms with Crippen molar-refractivity contribution in [1.29, 1.82) is 0 Å². The Kier molecular flexibility index (Phi) is 3.53. The van der Waals surface area contributed by atoms with Gasteiger partial charge in [-0.05, 0) is 24.3 Å². The lowest BCUT2D eigenvalue weighted by Crippen LogP contribution is -2.01. The number of nitrogens with one attached hydrogen (secondary N) is 1. The predicted molar refractivity (Wildman–Crippen MR) is 85.2 cm³/mol. The van der Waals surface area contributed by atoms with Crippen LogP contribution in [0.1, 0.15) is 10.4 Å². The number of anilines is 1. The summed E-state index contributed by atoms with van der Waals surface area (Å²) in [6, 6.07) is 12.8. The van der Waals surface area contributed by atoms with E-state index in [0.717, 1.165) is 15.9 Å². The second-order valence-corrected chi connectivity index (χ2v) is 5.97. The zero-order valence-corrected chi connectivity index (χ0v) is 12.3. The molecule has 4 nitrogen and oxygen atoms in total. The van der Waals surface area contributed by atoms with Gasteiger partial charge in [0.25, 0.3) is 0 Å². The van der Waals surface area contributed by atoms with E-state index in [0.29, 0.717) is 15.6 Å². The van der Waals surface area contributed by atoms with Gasteiger partial charge in [0.1, 0.15) is 0 Å². The molecule has 0 aliphatic heterocycles. The maximum absolute atomic E-state index is 11.4. The molecule has 1 aromatic heterocycles. The molecule has 0 fully saturated rings. The highest BCUT2D eigenvalue weighted by Gasteiger charge is 2.17. The molecule has 3 rings (SSSR count). The van der Waals surface area contributed by atoms with Gasteiger partial charge >= 0.3 is 5.97 Å². The van der Waals surface area contributed by atoms with Crippen molar-refractivity contribution in [2.75, 3.05) is 5.73 Å². The number of H-pyrrole nitrogens is 1. The van der Waals surface area contributed by atoms with Crippen LogP contribution < -0.4 is 5.73 Å². The van der Waals surface area contributed by atoms with Crippen molar-refractivity contribution >= 4 is 45.9 Å². The van der Waals surface area contributed by atoms with Crippen LogP contribution in [0.2, 0.25) is 5.02 Å². The van der Waals surface area contributed by atoms with Crippen LogP contribution >= 0.6 is 23.4 Å². The largest absolute Gasteiger partial charge is 0.478 e. The summed E-state index contributed by atoms with van der Waals surface area (Å²) in [7, 11) is 0. The molecule has 0 saturated carbocycles. The number of nitrogen functional groups attached to an aromatic ring is 1. The Labute approximate surface area is 129 Å². The number of carboxylic acids is 1. The number of rotatable bonds is 3. The number of hydrogen-bond acceptors (Lipinski definition) is 3. The third-order valence-corrected chi connectivity index (χ3v) is 4.51. The fraction of sp³-hybridized carbons (Fsp3) is 0. The zero-order valence-electron chi connectivity index (χ0n) is 10.8. The normalized spacial score (nSPS) is 10.9. The third kappa shape index (κ3) is 2.70. The van der Waals surface area contributed by atoms with Gasteiger partial charge in [0.15, 0.2) is 0 Å². The van der Waals surface area contributed by atoms with Gasteiger partial charge in [-0.2, -0.15) is 0 Å². The molecule has 2 aromatic carbocycles. The molecule has 1 heterocycles. The summed E-state index contributed by atoms with van der Waals surface area (Å²) in [5.74, 6) is -1.05. The Morgan fingerprint density at radius 1 is 1.24 bits per heavy atom. The number of para-hydroxylation sites is 1. The first kappa shape index (κ1) is 13.9. The molecule has 0 spiro atoms. The average Bonchev–Trinajstić information content (AvgIpc) is 2.83. The summed E-state index contributed by atoms with van der Waals surface area (Å²) in [6.07, 6.45) is 0. The number of benzene rings is 2. The van der Waals surface area contributed by atoms with Crippen molar-refractivity contribution in [1.82, 2.24) is 4.98 Å². The van der Waals surface area contributed by atoms with Crippen LogP contribution in [-0.4, -0.2) is 16.1 Å². The van der Waals surface area contributed by atoms with E-state index >= 15 is 0 Å². The number of carbonyl (C=O) groups is 1. The van der Waals surface area contributed by atoms with Crippen molar-refractivity contribution in [3.8, 4) is 0 Å². The minimum absolute atomic E-state index is 0.101. The Morgan fingerprint density at radius 2 is 2.00 bits per heavy atom. The maximum atomic E-state index is 11.4. The van der Waals surface area contributed by atoms with Gasteiger partial charge < -0.3 is 15.8 Å². The number of aromatic carboxylic acids is 1. The van der Waals surface area contributed by atoms with Gasteiger partial charge in [0.2, 0.25) is 0 Å². The molecule has 0 aliphatic rings. The minimum Gasteiger partial charge on any atom is -0.478 e. The van der Waals surface area contributed by atoms with Crippen LogP contribution in [0.15, 0.2) is 52.4 Å². The van der Waals surface area contributed by atoms with Crippen molar-refractivity contribution < 1.29 is 9.90 Å². The lowest BCUT2D eigenvalue weighted by Gasteiger charge is -2.08. The number of fused-ring (bicyclic) bond motifs is 1. The van der Waals surface area contributed by atoms with Gasteiger partial charge in [-0.25, -0.2) is 4.79 Å². The van der Waals surface area contributed by atoms with Crippen LogP contribution in [0.25, 0.3) is 10.9 Å². The van der Waals surface area contributed by atoms with Crippen molar-refractivity contribution in [3.63, 3.8) is 0 Å². The first-order valence-electron chi connectivity index (χ1n) is 6.12. The first-order chi connectivity index (χ1) is 10.0. The van der Waals surface area contributed by atoms with Crippen molar-refractivity contribution in [2.24, 2.45) is 0 Å². The summed E-state index contributed by atoms with van der Waals surface area (Å²) in [5.41, 5.74) is 7.08. The lowest BCUT2D eigenvalue weighted by molar-refractivity contribution is 0.0693. The molecular formula is C15H11ClN2O2S. The Hall–Kier alpha value is -2.11. The Morgan fingerprint density at radius 3 is 2.71 bits per heavy atom. The Bertz CT molecular complexity index is 812. The molecule has 106 valence electrons. The minimum atomic E-state index is -1.05. The molecule has 0 bridgehead atoms. The van der Waals surface area contributed by atoms with Gasteiger partial charge in [0, 0.05) is 21.5 Å². The molecular weight excluding hydrogens is 308 g/mol. The monoisotopic (exact) mass is 318 g/mol. The van der Waals surface area contributed by atoms with E-state index in [1.807, 2.05) is 30.3 Å². The average molecular weight is 319 g/mol. The van der Waals surface area contributed by atoms with Crippen LogP contribution in [0.4, 0.5) is 5.69 Å². The maximum Gasteiger partial charge on any atom is 0.336 e. The van der Waals surface area contributed by atoms with Crippen LogP contribution in [0, 0.1) is 0 Å². The Balaban J connectivity index is 2.06. The molecule has 21 heavy (non-hydrogen) atoms. The predicted octanol–water partition coefficient (Wildman–Crippen LogP) is 4.25. The molecule has 3 aromatic rings. The SMILES string of the molecule is Nc1cc(Cl)c(Sc2cc3ccccc3[nH]2)c(C(=O)O)c1. The van der Waals surface area contributed by atoms with Gasteiger partial charge in [-0.15, -0.1) is 0 Å². The molecule has 6 heteroatoms. The summed E-state index contributed by atoms with van der Waals surface area (Å²) in [5, 5.41) is 11.5. The lowest BCUT2D eigenvalue weighted by atomic mass is 10.2. The van der Waals surface area contributed by atoms with Gasteiger partial charge in [-0.1, -0.05) is 41.6 Å². The number of hydrogen-bond donors (Lipinski definition) is 3. The second-order valence-electron chi connectivity index (χ2n) is 4.51. The number of halogens is 1. The third-order valence-electron chi connectivity index (χ3n) is 3.01. The summed E-state index contributed by atoms with van der Waals surface area (Å²) >= 11 is 7.43. The first-order valence-corrected chi connectivity index (χ1v) is 7.32. The van der Waals surface area contributed by atoms with E-state index in [9.17, 15) is 9.90 Å².